The lowest BCUT2D eigenvalue weighted by Crippen LogP contribution is -1.93. The summed E-state index contributed by atoms with van der Waals surface area (Å²) in [4.78, 5) is 0.867. The standard InChI is InChI=1S/C17H11ClO2S/c18-12-6-3-5-11-8-13(20-17(11)12)16(19)15-9-10-4-1-2-7-14(10)21-15/h1-9,16,19H. The Labute approximate surface area is 130 Å². The summed E-state index contributed by atoms with van der Waals surface area (Å²) in [6, 6.07) is 17.5. The van der Waals surface area contributed by atoms with Crippen molar-refractivity contribution in [1.82, 2.24) is 0 Å². The fourth-order valence-corrected chi connectivity index (χ4v) is 3.74. The lowest BCUT2D eigenvalue weighted by Gasteiger charge is -2.03. The largest absolute Gasteiger partial charge is 0.456 e. The van der Waals surface area contributed by atoms with Crippen molar-refractivity contribution in [2.45, 2.75) is 6.10 Å². The second kappa shape index (κ2) is 4.88. The van der Waals surface area contributed by atoms with Gasteiger partial charge in [0, 0.05) is 15.0 Å². The van der Waals surface area contributed by atoms with Gasteiger partial charge in [0.2, 0.25) is 0 Å². The van der Waals surface area contributed by atoms with Gasteiger partial charge in [-0.05, 0) is 29.7 Å². The molecule has 0 amide bonds. The van der Waals surface area contributed by atoms with Crippen molar-refractivity contribution >= 4 is 44.0 Å². The van der Waals surface area contributed by atoms with Crippen molar-refractivity contribution in [3.8, 4) is 0 Å². The zero-order valence-electron chi connectivity index (χ0n) is 10.9. The molecule has 0 bridgehead atoms. The topological polar surface area (TPSA) is 33.4 Å². The van der Waals surface area contributed by atoms with Gasteiger partial charge in [-0.25, -0.2) is 0 Å². The molecular formula is C17H11ClO2S. The number of aliphatic hydroxyl groups excluding tert-OH is 1. The third-order valence-corrected chi connectivity index (χ3v) is 4.96. The Bertz CT molecular complexity index is 905. The molecule has 2 nitrogen and oxygen atoms in total. The molecule has 4 heteroatoms. The van der Waals surface area contributed by atoms with E-state index in [0.29, 0.717) is 16.4 Å². The van der Waals surface area contributed by atoms with Gasteiger partial charge in [0.15, 0.2) is 5.58 Å². The lowest BCUT2D eigenvalue weighted by molar-refractivity contribution is 0.196. The maximum Gasteiger partial charge on any atom is 0.153 e. The van der Waals surface area contributed by atoms with Crippen LogP contribution in [0, 0.1) is 0 Å². The highest BCUT2D eigenvalue weighted by molar-refractivity contribution is 7.19. The Balaban J connectivity index is 1.81. The molecule has 0 radical (unpaired) electrons. The zero-order chi connectivity index (χ0) is 14.4. The highest BCUT2D eigenvalue weighted by atomic mass is 35.5. The van der Waals surface area contributed by atoms with Crippen LogP contribution in [-0.4, -0.2) is 5.11 Å². The number of hydrogen-bond acceptors (Lipinski definition) is 3. The van der Waals surface area contributed by atoms with Gasteiger partial charge < -0.3 is 9.52 Å². The van der Waals surface area contributed by atoms with Crippen molar-refractivity contribution in [3.63, 3.8) is 0 Å². The molecule has 0 aliphatic rings. The first-order valence-corrected chi connectivity index (χ1v) is 7.76. The monoisotopic (exact) mass is 314 g/mol. The van der Waals surface area contributed by atoms with Crippen LogP contribution >= 0.6 is 22.9 Å². The molecule has 0 saturated carbocycles. The molecular weight excluding hydrogens is 304 g/mol. The molecule has 21 heavy (non-hydrogen) atoms. The predicted molar refractivity (Wildman–Crippen MR) is 87.1 cm³/mol. The minimum atomic E-state index is -0.772. The van der Waals surface area contributed by atoms with Gasteiger partial charge in [0.05, 0.1) is 5.02 Å². The first-order chi connectivity index (χ1) is 10.2. The van der Waals surface area contributed by atoms with Crippen molar-refractivity contribution < 1.29 is 9.52 Å². The molecule has 2 aromatic carbocycles. The Kier molecular flexibility index (Phi) is 3.00. The molecule has 1 N–H and O–H groups in total. The molecule has 1 atom stereocenters. The molecule has 0 spiro atoms. The molecule has 2 aromatic heterocycles. The summed E-state index contributed by atoms with van der Waals surface area (Å²) in [5, 5.41) is 13.1. The minimum absolute atomic E-state index is 0.518. The number of hydrogen-bond donors (Lipinski definition) is 1. The minimum Gasteiger partial charge on any atom is -0.456 e. The number of para-hydroxylation sites is 1. The van der Waals surface area contributed by atoms with Gasteiger partial charge in [-0.2, -0.15) is 0 Å². The maximum absolute atomic E-state index is 10.6. The van der Waals surface area contributed by atoms with E-state index in [2.05, 4.69) is 0 Å². The molecule has 2 heterocycles. The summed E-state index contributed by atoms with van der Waals surface area (Å²) in [6.07, 6.45) is -0.772. The number of fused-ring (bicyclic) bond motifs is 2. The molecule has 0 fully saturated rings. The number of aliphatic hydroxyl groups is 1. The van der Waals surface area contributed by atoms with E-state index in [0.717, 1.165) is 20.3 Å². The second-order valence-corrected chi connectivity index (χ2v) is 6.42. The molecule has 1 unspecified atom stereocenters. The van der Waals surface area contributed by atoms with Gasteiger partial charge in [0.1, 0.15) is 11.9 Å². The van der Waals surface area contributed by atoms with E-state index < -0.39 is 6.10 Å². The van der Waals surface area contributed by atoms with Gasteiger partial charge >= 0.3 is 0 Å². The first kappa shape index (κ1) is 12.9. The second-order valence-electron chi connectivity index (χ2n) is 4.90. The highest BCUT2D eigenvalue weighted by Crippen LogP contribution is 2.36. The molecule has 0 aliphatic heterocycles. The van der Waals surface area contributed by atoms with E-state index in [1.165, 1.54) is 0 Å². The van der Waals surface area contributed by atoms with Gasteiger partial charge in [-0.15, -0.1) is 11.3 Å². The van der Waals surface area contributed by atoms with Crippen LogP contribution in [-0.2, 0) is 0 Å². The van der Waals surface area contributed by atoms with Crippen LogP contribution in [0.3, 0.4) is 0 Å². The van der Waals surface area contributed by atoms with Gasteiger partial charge in [-0.1, -0.05) is 41.9 Å². The first-order valence-electron chi connectivity index (χ1n) is 6.57. The lowest BCUT2D eigenvalue weighted by atomic mass is 10.2. The molecule has 0 saturated heterocycles. The molecule has 0 aliphatic carbocycles. The normalized spacial score (nSPS) is 13.0. The quantitative estimate of drug-likeness (QED) is 0.538. The summed E-state index contributed by atoms with van der Waals surface area (Å²) in [6.45, 7) is 0. The van der Waals surface area contributed by atoms with E-state index in [1.807, 2.05) is 48.5 Å². The summed E-state index contributed by atoms with van der Waals surface area (Å²) >= 11 is 7.68. The highest BCUT2D eigenvalue weighted by Gasteiger charge is 2.18. The van der Waals surface area contributed by atoms with Crippen molar-refractivity contribution in [2.75, 3.05) is 0 Å². The summed E-state index contributed by atoms with van der Waals surface area (Å²) in [7, 11) is 0. The summed E-state index contributed by atoms with van der Waals surface area (Å²) in [5.41, 5.74) is 0.620. The average Bonchev–Trinajstić information content (AvgIpc) is 3.11. The van der Waals surface area contributed by atoms with E-state index in [1.54, 1.807) is 17.4 Å². The number of furan rings is 1. The third kappa shape index (κ3) is 2.14. The van der Waals surface area contributed by atoms with Crippen LogP contribution in [0.15, 0.2) is 59.0 Å². The van der Waals surface area contributed by atoms with E-state index in [9.17, 15) is 5.11 Å². The predicted octanol–water partition coefficient (Wildman–Crippen LogP) is 5.38. The number of benzene rings is 2. The van der Waals surface area contributed by atoms with Crippen molar-refractivity contribution in [2.24, 2.45) is 0 Å². The SMILES string of the molecule is OC(c1cc2cccc(Cl)c2o1)c1cc2ccccc2s1. The Morgan fingerprint density at radius 2 is 1.81 bits per heavy atom. The molecule has 4 rings (SSSR count). The van der Waals surface area contributed by atoms with E-state index in [-0.39, 0.29) is 0 Å². The van der Waals surface area contributed by atoms with E-state index in [4.69, 9.17) is 16.0 Å². The Morgan fingerprint density at radius 1 is 1.00 bits per heavy atom. The fraction of sp³-hybridized carbons (Fsp3) is 0.0588. The van der Waals surface area contributed by atoms with E-state index >= 15 is 0 Å². The van der Waals surface area contributed by atoms with Crippen LogP contribution in [0.25, 0.3) is 21.1 Å². The average molecular weight is 315 g/mol. The zero-order valence-corrected chi connectivity index (χ0v) is 12.5. The maximum atomic E-state index is 10.6. The van der Waals surface area contributed by atoms with Gasteiger partial charge in [0.25, 0.3) is 0 Å². The molecule has 104 valence electrons. The third-order valence-electron chi connectivity index (χ3n) is 3.50. The number of thiophene rings is 1. The van der Waals surface area contributed by atoms with Gasteiger partial charge in [-0.3, -0.25) is 0 Å². The van der Waals surface area contributed by atoms with Crippen molar-refractivity contribution in [1.29, 1.82) is 0 Å². The Morgan fingerprint density at radius 3 is 2.62 bits per heavy atom. The molecule has 4 aromatic rings. The summed E-state index contributed by atoms with van der Waals surface area (Å²) < 4.78 is 6.89. The number of rotatable bonds is 2. The van der Waals surface area contributed by atoms with Crippen LogP contribution in [0.5, 0.6) is 0 Å². The van der Waals surface area contributed by atoms with Crippen LogP contribution < -0.4 is 0 Å². The van der Waals surface area contributed by atoms with Crippen LogP contribution in [0.2, 0.25) is 5.02 Å². The summed E-state index contributed by atoms with van der Waals surface area (Å²) in [5.74, 6) is 0.518. The number of halogens is 1. The van der Waals surface area contributed by atoms with Crippen LogP contribution in [0.1, 0.15) is 16.7 Å². The smallest absolute Gasteiger partial charge is 0.153 e. The van der Waals surface area contributed by atoms with Crippen LogP contribution in [0.4, 0.5) is 0 Å². The fourth-order valence-electron chi connectivity index (χ4n) is 2.46. The van der Waals surface area contributed by atoms with Crippen molar-refractivity contribution in [3.05, 3.63) is 70.3 Å². The Hall–Kier alpha value is -1.81.